The van der Waals surface area contributed by atoms with Gasteiger partial charge in [0, 0.05) is 28.9 Å². The Labute approximate surface area is 92.4 Å². The first kappa shape index (κ1) is 8.97. The Balaban J connectivity index is 2.31. The third-order valence-electron chi connectivity index (χ3n) is 2.65. The van der Waals surface area contributed by atoms with Gasteiger partial charge in [-0.05, 0) is 18.2 Å². The van der Waals surface area contributed by atoms with Crippen LogP contribution in [0.4, 0.5) is 0 Å². The molecule has 16 heavy (non-hydrogen) atoms. The largest absolute Gasteiger partial charge is 0.507 e. The number of nitrogens with zero attached hydrogens (tertiary/aromatic N) is 1. The van der Waals surface area contributed by atoms with Crippen LogP contribution in [0, 0.1) is 0 Å². The van der Waals surface area contributed by atoms with Gasteiger partial charge in [-0.15, -0.1) is 0 Å². The molecule has 0 spiro atoms. The minimum atomic E-state index is 0.284. The normalized spacial score (nSPS) is 10.8. The van der Waals surface area contributed by atoms with E-state index in [1.807, 2.05) is 36.5 Å². The predicted octanol–water partition coefficient (Wildman–Crippen LogP) is 2.94. The fourth-order valence-corrected chi connectivity index (χ4v) is 1.88. The summed E-state index contributed by atoms with van der Waals surface area (Å²) < 4.78 is 0. The molecule has 0 radical (unpaired) electrons. The van der Waals surface area contributed by atoms with Crippen molar-refractivity contribution in [1.82, 2.24) is 9.97 Å². The molecule has 0 bridgehead atoms. The molecule has 3 rings (SSSR count). The fraction of sp³-hybridized carbons (Fsp3) is 0. The van der Waals surface area contributed by atoms with Crippen molar-refractivity contribution >= 4 is 11.0 Å². The van der Waals surface area contributed by atoms with E-state index >= 15 is 0 Å². The summed E-state index contributed by atoms with van der Waals surface area (Å²) in [4.78, 5) is 7.31. The number of hydrogen-bond acceptors (Lipinski definition) is 2. The zero-order valence-electron chi connectivity index (χ0n) is 8.51. The van der Waals surface area contributed by atoms with Crippen LogP contribution in [0.3, 0.4) is 0 Å². The van der Waals surface area contributed by atoms with Crippen molar-refractivity contribution in [1.29, 1.82) is 0 Å². The predicted molar refractivity (Wildman–Crippen MR) is 63.2 cm³/mol. The first-order chi connectivity index (χ1) is 7.86. The van der Waals surface area contributed by atoms with Crippen LogP contribution in [0.1, 0.15) is 0 Å². The van der Waals surface area contributed by atoms with E-state index in [0.29, 0.717) is 0 Å². The molecule has 0 fully saturated rings. The summed E-state index contributed by atoms with van der Waals surface area (Å²) in [6, 6.07) is 11.2. The minimum absolute atomic E-state index is 0.284. The second-order valence-corrected chi connectivity index (χ2v) is 3.62. The van der Waals surface area contributed by atoms with Crippen LogP contribution in [0.2, 0.25) is 0 Å². The summed E-state index contributed by atoms with van der Waals surface area (Å²) in [5, 5.41) is 10.8. The number of hydrogen-bond donors (Lipinski definition) is 2. The van der Waals surface area contributed by atoms with Crippen LogP contribution in [-0.4, -0.2) is 15.1 Å². The Hall–Kier alpha value is -2.29. The summed E-state index contributed by atoms with van der Waals surface area (Å²) in [6.45, 7) is 0. The van der Waals surface area contributed by atoms with Gasteiger partial charge in [0.05, 0.1) is 0 Å². The number of rotatable bonds is 1. The second kappa shape index (κ2) is 3.38. The second-order valence-electron chi connectivity index (χ2n) is 3.62. The molecule has 2 heterocycles. The number of para-hydroxylation sites is 1. The van der Waals surface area contributed by atoms with Crippen molar-refractivity contribution in [2.24, 2.45) is 0 Å². The van der Waals surface area contributed by atoms with Gasteiger partial charge in [-0.3, -0.25) is 0 Å². The van der Waals surface area contributed by atoms with Crippen LogP contribution < -0.4 is 0 Å². The van der Waals surface area contributed by atoms with Crippen molar-refractivity contribution in [3.05, 3.63) is 48.8 Å². The van der Waals surface area contributed by atoms with E-state index in [0.717, 1.165) is 22.2 Å². The SMILES string of the molecule is Oc1ccccc1-c1c[nH]c2ncccc12. The monoisotopic (exact) mass is 210 g/mol. The fourth-order valence-electron chi connectivity index (χ4n) is 1.88. The molecule has 0 aliphatic carbocycles. The molecule has 3 nitrogen and oxygen atoms in total. The molecule has 1 aromatic carbocycles. The highest BCUT2D eigenvalue weighted by molar-refractivity contribution is 5.94. The van der Waals surface area contributed by atoms with E-state index < -0.39 is 0 Å². The number of pyridine rings is 1. The molecule has 3 aromatic rings. The lowest BCUT2D eigenvalue weighted by molar-refractivity contribution is 0.477. The van der Waals surface area contributed by atoms with Crippen molar-refractivity contribution in [2.45, 2.75) is 0 Å². The Morgan fingerprint density at radius 2 is 1.88 bits per heavy atom. The zero-order valence-corrected chi connectivity index (χ0v) is 8.51. The van der Waals surface area contributed by atoms with E-state index in [4.69, 9.17) is 0 Å². The van der Waals surface area contributed by atoms with Crippen molar-refractivity contribution in [3.63, 3.8) is 0 Å². The number of nitrogens with one attached hydrogen (secondary N) is 1. The third kappa shape index (κ3) is 1.26. The average molecular weight is 210 g/mol. The van der Waals surface area contributed by atoms with Crippen LogP contribution in [-0.2, 0) is 0 Å². The topological polar surface area (TPSA) is 48.9 Å². The minimum Gasteiger partial charge on any atom is -0.507 e. The van der Waals surface area contributed by atoms with Crippen LogP contribution in [0.25, 0.3) is 22.2 Å². The first-order valence-corrected chi connectivity index (χ1v) is 5.07. The van der Waals surface area contributed by atoms with E-state index in [9.17, 15) is 5.11 Å². The number of aromatic amines is 1. The Morgan fingerprint density at radius 3 is 2.75 bits per heavy atom. The summed E-state index contributed by atoms with van der Waals surface area (Å²) >= 11 is 0. The maximum Gasteiger partial charge on any atom is 0.137 e. The van der Waals surface area contributed by atoms with Gasteiger partial charge < -0.3 is 10.1 Å². The average Bonchev–Trinajstić information content (AvgIpc) is 2.74. The molecular formula is C13H10N2O. The van der Waals surface area contributed by atoms with Crippen LogP contribution in [0.15, 0.2) is 48.8 Å². The lowest BCUT2D eigenvalue weighted by Gasteiger charge is -2.01. The number of benzene rings is 1. The lowest BCUT2D eigenvalue weighted by Crippen LogP contribution is -1.77. The smallest absolute Gasteiger partial charge is 0.137 e. The van der Waals surface area contributed by atoms with E-state index in [2.05, 4.69) is 9.97 Å². The summed E-state index contributed by atoms with van der Waals surface area (Å²) in [5.74, 6) is 0.284. The summed E-state index contributed by atoms with van der Waals surface area (Å²) in [5.41, 5.74) is 2.63. The Kier molecular flexibility index (Phi) is 1.90. The van der Waals surface area contributed by atoms with Gasteiger partial charge in [0.1, 0.15) is 11.4 Å². The van der Waals surface area contributed by atoms with Crippen molar-refractivity contribution < 1.29 is 5.11 Å². The Bertz CT molecular complexity index is 643. The maximum absolute atomic E-state index is 9.81. The van der Waals surface area contributed by atoms with Crippen LogP contribution >= 0.6 is 0 Å². The quantitative estimate of drug-likeness (QED) is 0.648. The molecule has 0 amide bonds. The zero-order chi connectivity index (χ0) is 11.0. The molecule has 0 aliphatic rings. The van der Waals surface area contributed by atoms with E-state index in [-0.39, 0.29) is 5.75 Å². The molecule has 0 saturated carbocycles. The molecule has 0 unspecified atom stereocenters. The number of H-pyrrole nitrogens is 1. The van der Waals surface area contributed by atoms with Gasteiger partial charge in [-0.2, -0.15) is 0 Å². The van der Waals surface area contributed by atoms with Gasteiger partial charge in [-0.1, -0.05) is 18.2 Å². The number of aromatic nitrogens is 2. The van der Waals surface area contributed by atoms with Gasteiger partial charge in [-0.25, -0.2) is 4.98 Å². The van der Waals surface area contributed by atoms with E-state index in [1.165, 1.54) is 0 Å². The lowest BCUT2D eigenvalue weighted by atomic mass is 10.1. The molecule has 0 atom stereocenters. The highest BCUT2D eigenvalue weighted by Gasteiger charge is 2.08. The maximum atomic E-state index is 9.81. The first-order valence-electron chi connectivity index (χ1n) is 5.07. The highest BCUT2D eigenvalue weighted by Crippen LogP contribution is 2.33. The Morgan fingerprint density at radius 1 is 1.00 bits per heavy atom. The van der Waals surface area contributed by atoms with Gasteiger partial charge in [0.15, 0.2) is 0 Å². The number of fused-ring (bicyclic) bond motifs is 1. The van der Waals surface area contributed by atoms with Crippen LogP contribution in [0.5, 0.6) is 5.75 Å². The summed E-state index contributed by atoms with van der Waals surface area (Å²) in [7, 11) is 0. The van der Waals surface area contributed by atoms with Crippen molar-refractivity contribution in [3.8, 4) is 16.9 Å². The molecule has 0 saturated heterocycles. The molecule has 78 valence electrons. The number of phenols is 1. The third-order valence-corrected chi connectivity index (χ3v) is 2.65. The number of phenolic OH excluding ortho intramolecular Hbond substituents is 1. The molecular weight excluding hydrogens is 200 g/mol. The molecule has 2 N–H and O–H groups in total. The molecule has 3 heteroatoms. The van der Waals surface area contributed by atoms with Gasteiger partial charge >= 0.3 is 0 Å². The van der Waals surface area contributed by atoms with Crippen molar-refractivity contribution in [2.75, 3.05) is 0 Å². The van der Waals surface area contributed by atoms with Gasteiger partial charge in [0.2, 0.25) is 0 Å². The van der Waals surface area contributed by atoms with E-state index in [1.54, 1.807) is 12.3 Å². The standard InChI is InChI=1S/C13H10N2O/c16-12-6-2-1-4-9(12)11-8-15-13-10(11)5-3-7-14-13/h1-8,16H,(H,14,15). The molecule has 2 aromatic heterocycles. The number of aromatic hydroxyl groups is 1. The van der Waals surface area contributed by atoms with Gasteiger partial charge in [0.25, 0.3) is 0 Å². The molecule has 0 aliphatic heterocycles. The summed E-state index contributed by atoms with van der Waals surface area (Å²) in [6.07, 6.45) is 3.61. The highest BCUT2D eigenvalue weighted by atomic mass is 16.3.